The zero-order valence-corrected chi connectivity index (χ0v) is 9.39. The molecule has 1 aliphatic heterocycles. The predicted octanol–water partition coefficient (Wildman–Crippen LogP) is 2.05. The average molecular weight is 185 g/mol. The molecule has 0 aromatic rings. The first-order valence-corrected chi connectivity index (χ1v) is 5.35. The maximum absolute atomic E-state index is 5.55. The molecule has 1 fully saturated rings. The van der Waals surface area contributed by atoms with Crippen LogP contribution in [0.3, 0.4) is 0 Å². The van der Waals surface area contributed by atoms with Crippen LogP contribution in [-0.2, 0) is 4.74 Å². The third-order valence-electron chi connectivity index (χ3n) is 3.64. The average Bonchev–Trinajstić information content (AvgIpc) is 2.18. The van der Waals surface area contributed by atoms with Crippen LogP contribution in [0.4, 0.5) is 0 Å². The minimum Gasteiger partial charge on any atom is -0.381 e. The van der Waals surface area contributed by atoms with Crippen molar-refractivity contribution in [2.75, 3.05) is 20.2 Å². The van der Waals surface area contributed by atoms with Gasteiger partial charge in [0.2, 0.25) is 0 Å². The van der Waals surface area contributed by atoms with E-state index in [1.807, 2.05) is 7.11 Å². The summed E-state index contributed by atoms with van der Waals surface area (Å²) in [7, 11) is 1.84. The number of nitrogens with one attached hydrogen (secondary N) is 1. The Morgan fingerprint density at radius 3 is 2.69 bits per heavy atom. The fourth-order valence-electron chi connectivity index (χ4n) is 2.16. The van der Waals surface area contributed by atoms with Crippen LogP contribution in [0.5, 0.6) is 0 Å². The summed E-state index contributed by atoms with van der Waals surface area (Å²) in [5, 5.41) is 3.46. The van der Waals surface area contributed by atoms with E-state index < -0.39 is 0 Å². The zero-order valence-electron chi connectivity index (χ0n) is 9.39. The number of hydrogen-bond acceptors (Lipinski definition) is 2. The number of ether oxygens (including phenoxy) is 1. The predicted molar refractivity (Wildman–Crippen MR) is 55.8 cm³/mol. The number of hydrogen-bond donors (Lipinski definition) is 1. The lowest BCUT2D eigenvalue weighted by Gasteiger charge is -2.41. The second-order valence-electron chi connectivity index (χ2n) is 4.72. The van der Waals surface area contributed by atoms with Crippen LogP contribution < -0.4 is 5.32 Å². The van der Waals surface area contributed by atoms with Crippen LogP contribution in [0.1, 0.15) is 33.6 Å². The van der Waals surface area contributed by atoms with Crippen LogP contribution in [0, 0.1) is 11.3 Å². The van der Waals surface area contributed by atoms with E-state index in [1.54, 1.807) is 0 Å². The van der Waals surface area contributed by atoms with Gasteiger partial charge in [-0.15, -0.1) is 0 Å². The van der Waals surface area contributed by atoms with E-state index in [0.717, 1.165) is 19.5 Å². The van der Waals surface area contributed by atoms with Gasteiger partial charge in [0, 0.05) is 19.6 Å². The fraction of sp³-hybridized carbons (Fsp3) is 1.00. The van der Waals surface area contributed by atoms with Gasteiger partial charge in [-0.25, -0.2) is 0 Å². The van der Waals surface area contributed by atoms with Crippen molar-refractivity contribution < 1.29 is 4.74 Å². The van der Waals surface area contributed by atoms with Gasteiger partial charge in [0.15, 0.2) is 0 Å². The third-order valence-corrected chi connectivity index (χ3v) is 3.64. The molecule has 1 heterocycles. The monoisotopic (exact) mass is 185 g/mol. The molecule has 1 rings (SSSR count). The lowest BCUT2D eigenvalue weighted by atomic mass is 9.72. The molecule has 13 heavy (non-hydrogen) atoms. The molecule has 78 valence electrons. The first kappa shape index (κ1) is 11.0. The first-order valence-electron chi connectivity index (χ1n) is 5.35. The second kappa shape index (κ2) is 4.43. The maximum Gasteiger partial charge on any atom is 0.0628 e. The van der Waals surface area contributed by atoms with Crippen molar-refractivity contribution in [1.82, 2.24) is 5.32 Å². The normalized spacial score (nSPS) is 30.5. The Balaban J connectivity index is 2.63. The summed E-state index contributed by atoms with van der Waals surface area (Å²) in [6.07, 6.45) is 2.83. The van der Waals surface area contributed by atoms with Gasteiger partial charge < -0.3 is 10.1 Å². The summed E-state index contributed by atoms with van der Waals surface area (Å²) in [5.41, 5.74) is 0.397. The molecule has 0 saturated carbocycles. The van der Waals surface area contributed by atoms with Gasteiger partial charge in [0.05, 0.1) is 6.10 Å². The van der Waals surface area contributed by atoms with Crippen molar-refractivity contribution in [3.05, 3.63) is 0 Å². The lowest BCUT2D eigenvalue weighted by Crippen LogP contribution is -2.47. The van der Waals surface area contributed by atoms with Gasteiger partial charge in [0.25, 0.3) is 0 Å². The minimum absolute atomic E-state index is 0.397. The molecule has 0 bridgehead atoms. The number of methoxy groups -OCH3 is 1. The topological polar surface area (TPSA) is 21.3 Å². The van der Waals surface area contributed by atoms with Gasteiger partial charge in [-0.05, 0) is 18.4 Å². The fourth-order valence-corrected chi connectivity index (χ4v) is 2.16. The second-order valence-corrected chi connectivity index (χ2v) is 4.72. The molecule has 0 aromatic carbocycles. The van der Waals surface area contributed by atoms with Crippen LogP contribution in [0.25, 0.3) is 0 Å². The van der Waals surface area contributed by atoms with E-state index in [9.17, 15) is 0 Å². The van der Waals surface area contributed by atoms with Crippen molar-refractivity contribution in [3.8, 4) is 0 Å². The Morgan fingerprint density at radius 1 is 1.46 bits per heavy atom. The highest BCUT2D eigenvalue weighted by atomic mass is 16.5. The summed E-state index contributed by atoms with van der Waals surface area (Å²) < 4.78 is 5.55. The van der Waals surface area contributed by atoms with E-state index in [-0.39, 0.29) is 0 Å². The Labute approximate surface area is 82.0 Å². The molecule has 0 aromatic heterocycles. The van der Waals surface area contributed by atoms with E-state index in [1.165, 1.54) is 6.42 Å². The smallest absolute Gasteiger partial charge is 0.0628 e. The SMILES string of the molecule is CCC(C)(C)[C@@H]1CNCC[C@@H]1OC. The molecule has 2 atom stereocenters. The van der Waals surface area contributed by atoms with Crippen molar-refractivity contribution in [2.24, 2.45) is 11.3 Å². The summed E-state index contributed by atoms with van der Waals surface area (Å²) >= 11 is 0. The van der Waals surface area contributed by atoms with Gasteiger partial charge >= 0.3 is 0 Å². The maximum atomic E-state index is 5.55. The van der Waals surface area contributed by atoms with E-state index >= 15 is 0 Å². The van der Waals surface area contributed by atoms with Crippen molar-refractivity contribution in [3.63, 3.8) is 0 Å². The van der Waals surface area contributed by atoms with Gasteiger partial charge in [-0.2, -0.15) is 0 Å². The molecule has 1 saturated heterocycles. The molecule has 0 amide bonds. The molecule has 0 unspecified atom stereocenters. The Kier molecular flexibility index (Phi) is 3.74. The van der Waals surface area contributed by atoms with Crippen molar-refractivity contribution in [1.29, 1.82) is 0 Å². The number of rotatable bonds is 3. The van der Waals surface area contributed by atoms with Crippen LogP contribution in [0.15, 0.2) is 0 Å². The molecule has 0 radical (unpaired) electrons. The van der Waals surface area contributed by atoms with E-state index in [4.69, 9.17) is 4.74 Å². The molecule has 0 aliphatic carbocycles. The Bertz CT molecular complexity index is 156. The largest absolute Gasteiger partial charge is 0.381 e. The third kappa shape index (κ3) is 2.44. The summed E-state index contributed by atoms with van der Waals surface area (Å²) in [6, 6.07) is 0. The summed E-state index contributed by atoms with van der Waals surface area (Å²) in [6.45, 7) is 9.17. The van der Waals surface area contributed by atoms with Gasteiger partial charge in [0.1, 0.15) is 0 Å². The van der Waals surface area contributed by atoms with Crippen molar-refractivity contribution in [2.45, 2.75) is 39.7 Å². The lowest BCUT2D eigenvalue weighted by molar-refractivity contribution is -0.0209. The highest BCUT2D eigenvalue weighted by molar-refractivity contribution is 4.88. The van der Waals surface area contributed by atoms with Crippen LogP contribution in [-0.4, -0.2) is 26.3 Å². The van der Waals surface area contributed by atoms with Crippen LogP contribution >= 0.6 is 0 Å². The summed E-state index contributed by atoms with van der Waals surface area (Å²) in [4.78, 5) is 0. The first-order chi connectivity index (χ1) is 6.11. The quantitative estimate of drug-likeness (QED) is 0.726. The minimum atomic E-state index is 0.397. The Morgan fingerprint density at radius 2 is 2.15 bits per heavy atom. The molecule has 1 aliphatic rings. The molecular formula is C11H23NO. The van der Waals surface area contributed by atoms with Gasteiger partial charge in [-0.1, -0.05) is 27.2 Å². The zero-order chi connectivity index (χ0) is 9.90. The highest BCUT2D eigenvalue weighted by Gasteiger charge is 2.35. The van der Waals surface area contributed by atoms with Gasteiger partial charge in [-0.3, -0.25) is 0 Å². The highest BCUT2D eigenvalue weighted by Crippen LogP contribution is 2.35. The molecule has 1 N–H and O–H groups in total. The standard InChI is InChI=1S/C11H23NO/c1-5-11(2,3)9-8-12-7-6-10(9)13-4/h9-10,12H,5-8H2,1-4H3/t9-,10+/m1/s1. The molecular weight excluding hydrogens is 162 g/mol. The summed E-state index contributed by atoms with van der Waals surface area (Å²) in [5.74, 6) is 0.663. The van der Waals surface area contributed by atoms with E-state index in [0.29, 0.717) is 17.4 Å². The number of piperidine rings is 1. The van der Waals surface area contributed by atoms with E-state index in [2.05, 4.69) is 26.1 Å². The Hall–Kier alpha value is -0.0800. The molecule has 2 heteroatoms. The molecule has 0 spiro atoms. The van der Waals surface area contributed by atoms with Crippen LogP contribution in [0.2, 0.25) is 0 Å². The molecule has 2 nitrogen and oxygen atoms in total. The van der Waals surface area contributed by atoms with Crippen molar-refractivity contribution >= 4 is 0 Å².